The zero-order valence-corrected chi connectivity index (χ0v) is 13.6. The van der Waals surface area contributed by atoms with E-state index in [4.69, 9.17) is 10.5 Å². The predicted octanol–water partition coefficient (Wildman–Crippen LogP) is 0.896. The SMILES string of the molecule is Cc1ccc(CN2CCN(C3(C(N)=O)CCOC3)CC2)cc1F. The van der Waals surface area contributed by atoms with Crippen LogP contribution in [0.4, 0.5) is 4.39 Å². The Balaban J connectivity index is 1.60. The number of benzene rings is 1. The van der Waals surface area contributed by atoms with E-state index in [-0.39, 0.29) is 11.7 Å². The lowest BCUT2D eigenvalue weighted by Gasteiger charge is -2.43. The lowest BCUT2D eigenvalue weighted by molar-refractivity contribution is -0.132. The second-order valence-corrected chi connectivity index (χ2v) is 6.55. The summed E-state index contributed by atoms with van der Waals surface area (Å²) in [6, 6.07) is 5.40. The number of carbonyl (C=O) groups is 1. The minimum atomic E-state index is -0.637. The van der Waals surface area contributed by atoms with Crippen molar-refractivity contribution in [2.45, 2.75) is 25.4 Å². The average Bonchev–Trinajstić information content (AvgIpc) is 3.03. The molecular formula is C17H24FN3O2. The van der Waals surface area contributed by atoms with E-state index in [0.717, 1.165) is 38.3 Å². The molecule has 1 aromatic rings. The highest BCUT2D eigenvalue weighted by Crippen LogP contribution is 2.27. The second-order valence-electron chi connectivity index (χ2n) is 6.55. The summed E-state index contributed by atoms with van der Waals surface area (Å²) in [4.78, 5) is 16.4. The number of piperazine rings is 1. The van der Waals surface area contributed by atoms with Crippen molar-refractivity contribution < 1.29 is 13.9 Å². The highest BCUT2D eigenvalue weighted by Gasteiger charge is 2.46. The van der Waals surface area contributed by atoms with Crippen molar-refractivity contribution in [1.82, 2.24) is 9.80 Å². The van der Waals surface area contributed by atoms with Crippen LogP contribution in [0.25, 0.3) is 0 Å². The van der Waals surface area contributed by atoms with Crippen molar-refractivity contribution >= 4 is 5.91 Å². The fourth-order valence-corrected chi connectivity index (χ4v) is 3.48. The Morgan fingerprint density at radius 1 is 1.35 bits per heavy atom. The van der Waals surface area contributed by atoms with Crippen molar-refractivity contribution in [1.29, 1.82) is 0 Å². The summed E-state index contributed by atoms with van der Waals surface area (Å²) in [5.74, 6) is -0.444. The van der Waals surface area contributed by atoms with Crippen LogP contribution in [-0.2, 0) is 16.1 Å². The van der Waals surface area contributed by atoms with Gasteiger partial charge in [-0.2, -0.15) is 0 Å². The highest BCUT2D eigenvalue weighted by molar-refractivity contribution is 5.85. The first-order chi connectivity index (χ1) is 11.0. The summed E-state index contributed by atoms with van der Waals surface area (Å²) >= 11 is 0. The molecule has 0 aliphatic carbocycles. The van der Waals surface area contributed by atoms with Gasteiger partial charge >= 0.3 is 0 Å². The fourth-order valence-electron chi connectivity index (χ4n) is 3.48. The number of rotatable bonds is 4. The zero-order valence-electron chi connectivity index (χ0n) is 13.6. The van der Waals surface area contributed by atoms with Gasteiger partial charge in [-0.05, 0) is 24.1 Å². The number of carbonyl (C=O) groups excluding carboxylic acids is 1. The number of aryl methyl sites for hydroxylation is 1. The van der Waals surface area contributed by atoms with Gasteiger partial charge in [-0.3, -0.25) is 14.6 Å². The van der Waals surface area contributed by atoms with Crippen LogP contribution < -0.4 is 5.73 Å². The summed E-state index contributed by atoms with van der Waals surface area (Å²) in [7, 11) is 0. The standard InChI is InChI=1S/C17H24FN3O2/c1-13-2-3-14(10-15(13)18)11-20-5-7-21(8-6-20)17(16(19)22)4-9-23-12-17/h2-3,10H,4-9,11-12H2,1H3,(H2,19,22). The number of hydrogen-bond donors (Lipinski definition) is 1. The quantitative estimate of drug-likeness (QED) is 0.895. The van der Waals surface area contributed by atoms with Gasteiger partial charge in [0.15, 0.2) is 0 Å². The van der Waals surface area contributed by atoms with E-state index in [1.54, 1.807) is 13.0 Å². The van der Waals surface area contributed by atoms with Gasteiger partial charge in [0.25, 0.3) is 0 Å². The lowest BCUT2D eigenvalue weighted by Crippen LogP contribution is -2.63. The first-order valence-electron chi connectivity index (χ1n) is 8.11. The van der Waals surface area contributed by atoms with Gasteiger partial charge in [0.1, 0.15) is 11.4 Å². The number of nitrogens with two attached hydrogens (primary N) is 1. The Hall–Kier alpha value is -1.50. The van der Waals surface area contributed by atoms with Crippen LogP contribution in [0, 0.1) is 12.7 Å². The van der Waals surface area contributed by atoms with Gasteiger partial charge in [-0.25, -0.2) is 4.39 Å². The maximum absolute atomic E-state index is 13.6. The molecule has 2 aliphatic heterocycles. The molecule has 2 fully saturated rings. The molecule has 0 bridgehead atoms. The zero-order chi connectivity index (χ0) is 16.4. The molecule has 3 rings (SSSR count). The van der Waals surface area contributed by atoms with E-state index in [0.29, 0.717) is 25.2 Å². The van der Waals surface area contributed by atoms with Gasteiger partial charge in [-0.1, -0.05) is 12.1 Å². The fraction of sp³-hybridized carbons (Fsp3) is 0.588. The van der Waals surface area contributed by atoms with Crippen LogP contribution in [-0.4, -0.2) is 60.6 Å². The number of nitrogens with zero attached hydrogens (tertiary/aromatic N) is 2. The number of hydrogen-bond acceptors (Lipinski definition) is 4. The van der Waals surface area contributed by atoms with Crippen molar-refractivity contribution in [3.05, 3.63) is 35.1 Å². The van der Waals surface area contributed by atoms with Gasteiger partial charge in [-0.15, -0.1) is 0 Å². The summed E-state index contributed by atoms with van der Waals surface area (Å²) in [6.45, 7) is 6.71. The lowest BCUT2D eigenvalue weighted by atomic mass is 9.94. The molecule has 1 atom stereocenters. The molecule has 2 heterocycles. The van der Waals surface area contributed by atoms with E-state index in [2.05, 4.69) is 9.80 Å². The Labute approximate surface area is 136 Å². The third-order valence-electron chi connectivity index (χ3n) is 5.08. The van der Waals surface area contributed by atoms with Crippen LogP contribution in [0.1, 0.15) is 17.5 Å². The number of halogens is 1. The normalized spacial score (nSPS) is 26.5. The first-order valence-corrected chi connectivity index (χ1v) is 8.11. The van der Waals surface area contributed by atoms with E-state index < -0.39 is 5.54 Å². The Morgan fingerprint density at radius 3 is 2.65 bits per heavy atom. The van der Waals surface area contributed by atoms with E-state index >= 15 is 0 Å². The molecule has 5 nitrogen and oxygen atoms in total. The molecule has 0 saturated carbocycles. The molecule has 23 heavy (non-hydrogen) atoms. The Kier molecular flexibility index (Phi) is 4.66. The number of ether oxygens (including phenoxy) is 1. The van der Waals surface area contributed by atoms with Crippen LogP contribution in [0.3, 0.4) is 0 Å². The maximum Gasteiger partial charge on any atom is 0.240 e. The van der Waals surface area contributed by atoms with Crippen molar-refractivity contribution in [3.63, 3.8) is 0 Å². The minimum absolute atomic E-state index is 0.156. The summed E-state index contributed by atoms with van der Waals surface area (Å²) in [6.07, 6.45) is 0.672. The van der Waals surface area contributed by atoms with E-state index in [9.17, 15) is 9.18 Å². The predicted molar refractivity (Wildman–Crippen MR) is 85.3 cm³/mol. The van der Waals surface area contributed by atoms with Crippen molar-refractivity contribution in [2.24, 2.45) is 5.73 Å². The molecule has 0 radical (unpaired) electrons. The molecule has 1 amide bonds. The maximum atomic E-state index is 13.6. The molecule has 0 aromatic heterocycles. The van der Waals surface area contributed by atoms with Gasteiger partial charge in [0.05, 0.1) is 6.61 Å². The molecule has 2 N–H and O–H groups in total. The van der Waals surface area contributed by atoms with Gasteiger partial charge in [0, 0.05) is 45.8 Å². The monoisotopic (exact) mass is 321 g/mol. The molecular weight excluding hydrogens is 297 g/mol. The molecule has 6 heteroatoms. The third kappa shape index (κ3) is 3.24. The topological polar surface area (TPSA) is 58.8 Å². The number of primary amides is 1. The largest absolute Gasteiger partial charge is 0.379 e. The van der Waals surface area contributed by atoms with Crippen LogP contribution in [0.15, 0.2) is 18.2 Å². The van der Waals surface area contributed by atoms with Crippen LogP contribution in [0.5, 0.6) is 0 Å². The highest BCUT2D eigenvalue weighted by atomic mass is 19.1. The molecule has 2 aliphatic rings. The second kappa shape index (κ2) is 6.55. The Morgan fingerprint density at radius 2 is 2.09 bits per heavy atom. The van der Waals surface area contributed by atoms with E-state index in [1.807, 2.05) is 12.1 Å². The van der Waals surface area contributed by atoms with Crippen LogP contribution >= 0.6 is 0 Å². The molecule has 126 valence electrons. The van der Waals surface area contributed by atoms with E-state index in [1.165, 1.54) is 0 Å². The van der Waals surface area contributed by atoms with Crippen molar-refractivity contribution in [3.8, 4) is 0 Å². The average molecular weight is 321 g/mol. The molecule has 0 spiro atoms. The smallest absolute Gasteiger partial charge is 0.240 e. The van der Waals surface area contributed by atoms with Crippen molar-refractivity contribution in [2.75, 3.05) is 39.4 Å². The minimum Gasteiger partial charge on any atom is -0.379 e. The number of amides is 1. The first kappa shape index (κ1) is 16.4. The molecule has 1 aromatic carbocycles. The van der Waals surface area contributed by atoms with Crippen LogP contribution in [0.2, 0.25) is 0 Å². The Bertz CT molecular complexity index is 579. The molecule has 2 saturated heterocycles. The summed E-state index contributed by atoms with van der Waals surface area (Å²) < 4.78 is 19.1. The molecule has 1 unspecified atom stereocenters. The summed E-state index contributed by atoms with van der Waals surface area (Å²) in [5, 5.41) is 0. The third-order valence-corrected chi connectivity index (χ3v) is 5.08. The van der Waals surface area contributed by atoms with Gasteiger partial charge in [0.2, 0.25) is 5.91 Å². The van der Waals surface area contributed by atoms with Gasteiger partial charge < -0.3 is 10.5 Å². The summed E-state index contributed by atoms with van der Waals surface area (Å²) in [5.41, 5.74) is 6.65.